The first-order chi connectivity index (χ1) is 7.29. The predicted octanol–water partition coefficient (Wildman–Crippen LogP) is 4.46. The van der Waals surface area contributed by atoms with Gasteiger partial charge in [0.15, 0.2) is 29.1 Å². The SMILES string of the molecule is FC(=C(Cl)Cl)c1c(F)c(F)c(F)c(F)c1F. The topological polar surface area (TPSA) is 0 Å². The van der Waals surface area contributed by atoms with Crippen LogP contribution in [-0.4, -0.2) is 0 Å². The molecule has 0 spiro atoms. The molecule has 0 amide bonds. The van der Waals surface area contributed by atoms with Gasteiger partial charge in [-0.3, -0.25) is 0 Å². The molecule has 0 aliphatic carbocycles. The Bertz CT molecular complexity index is 449. The van der Waals surface area contributed by atoms with Gasteiger partial charge < -0.3 is 0 Å². The lowest BCUT2D eigenvalue weighted by molar-refractivity contribution is 0.374. The summed E-state index contributed by atoms with van der Waals surface area (Å²) in [6, 6.07) is 0. The van der Waals surface area contributed by atoms with Gasteiger partial charge in [-0.1, -0.05) is 23.2 Å². The molecular weight excluding hydrogens is 281 g/mol. The van der Waals surface area contributed by atoms with Crippen molar-refractivity contribution >= 4 is 29.0 Å². The monoisotopic (exact) mass is 280 g/mol. The van der Waals surface area contributed by atoms with Gasteiger partial charge in [0.05, 0.1) is 5.56 Å². The smallest absolute Gasteiger partial charge is 0.200 e. The molecule has 0 saturated heterocycles. The van der Waals surface area contributed by atoms with Crippen LogP contribution in [0.1, 0.15) is 5.56 Å². The molecule has 0 bridgehead atoms. The van der Waals surface area contributed by atoms with Crippen molar-refractivity contribution in [1.82, 2.24) is 0 Å². The van der Waals surface area contributed by atoms with Crippen LogP contribution in [0.2, 0.25) is 0 Å². The van der Waals surface area contributed by atoms with Crippen molar-refractivity contribution in [2.24, 2.45) is 0 Å². The number of hydrogen-bond acceptors (Lipinski definition) is 0. The lowest BCUT2D eigenvalue weighted by Gasteiger charge is -2.06. The van der Waals surface area contributed by atoms with Crippen molar-refractivity contribution in [1.29, 1.82) is 0 Å². The van der Waals surface area contributed by atoms with Crippen molar-refractivity contribution in [3.63, 3.8) is 0 Å². The first-order valence-corrected chi connectivity index (χ1v) is 4.27. The highest BCUT2D eigenvalue weighted by molar-refractivity contribution is 6.58. The number of benzene rings is 1. The van der Waals surface area contributed by atoms with Crippen molar-refractivity contribution in [3.8, 4) is 0 Å². The maximum absolute atomic E-state index is 13.0. The van der Waals surface area contributed by atoms with Crippen molar-refractivity contribution in [2.45, 2.75) is 0 Å². The predicted molar refractivity (Wildman–Crippen MR) is 46.0 cm³/mol. The first kappa shape index (κ1) is 13.2. The van der Waals surface area contributed by atoms with Crippen LogP contribution in [0.15, 0.2) is 4.49 Å². The summed E-state index contributed by atoms with van der Waals surface area (Å²) in [6.45, 7) is 0. The van der Waals surface area contributed by atoms with E-state index in [2.05, 4.69) is 0 Å². The van der Waals surface area contributed by atoms with Crippen LogP contribution >= 0.6 is 23.2 Å². The minimum atomic E-state index is -2.39. The second-order valence-electron chi connectivity index (χ2n) is 2.52. The molecule has 0 N–H and O–H groups in total. The molecule has 1 rings (SSSR count). The zero-order valence-corrected chi connectivity index (χ0v) is 8.54. The van der Waals surface area contributed by atoms with E-state index < -0.39 is 45.0 Å². The molecule has 0 fully saturated rings. The van der Waals surface area contributed by atoms with Crippen LogP contribution in [0.25, 0.3) is 5.83 Å². The Hall–Kier alpha value is -0.880. The number of halogens is 8. The summed E-state index contributed by atoms with van der Waals surface area (Å²) in [5, 5.41) is 0. The molecule has 0 saturated carbocycles. The van der Waals surface area contributed by atoms with E-state index in [0.29, 0.717) is 0 Å². The normalized spacial score (nSPS) is 10.5. The molecule has 0 aromatic heterocycles. The van der Waals surface area contributed by atoms with Gasteiger partial charge in [0.1, 0.15) is 4.49 Å². The largest absolute Gasteiger partial charge is 0.203 e. The fourth-order valence-electron chi connectivity index (χ4n) is 0.892. The summed E-state index contributed by atoms with van der Waals surface area (Å²) in [4.78, 5) is 0. The first-order valence-electron chi connectivity index (χ1n) is 3.51. The minimum Gasteiger partial charge on any atom is -0.203 e. The number of hydrogen-bond donors (Lipinski definition) is 0. The third kappa shape index (κ3) is 1.99. The average molecular weight is 281 g/mol. The quantitative estimate of drug-likeness (QED) is 0.405. The van der Waals surface area contributed by atoms with Gasteiger partial charge in [-0.05, 0) is 0 Å². The van der Waals surface area contributed by atoms with Crippen molar-refractivity contribution < 1.29 is 26.3 Å². The maximum Gasteiger partial charge on any atom is 0.200 e. The Morgan fingerprint density at radius 1 is 0.688 bits per heavy atom. The average Bonchev–Trinajstić information content (AvgIpc) is 2.23. The van der Waals surface area contributed by atoms with E-state index in [1.165, 1.54) is 0 Å². The Balaban J connectivity index is 3.72. The molecule has 0 unspecified atom stereocenters. The van der Waals surface area contributed by atoms with Gasteiger partial charge in [-0.2, -0.15) is 0 Å². The molecule has 0 atom stereocenters. The summed E-state index contributed by atoms with van der Waals surface area (Å²) >= 11 is 9.70. The lowest BCUT2D eigenvalue weighted by atomic mass is 10.1. The highest BCUT2D eigenvalue weighted by atomic mass is 35.5. The van der Waals surface area contributed by atoms with Gasteiger partial charge in [0.2, 0.25) is 5.82 Å². The van der Waals surface area contributed by atoms with E-state index in [0.717, 1.165) is 0 Å². The zero-order valence-electron chi connectivity index (χ0n) is 7.02. The highest BCUT2D eigenvalue weighted by Gasteiger charge is 2.28. The summed E-state index contributed by atoms with van der Waals surface area (Å²) in [6.07, 6.45) is 0. The van der Waals surface area contributed by atoms with E-state index >= 15 is 0 Å². The van der Waals surface area contributed by atoms with E-state index in [4.69, 9.17) is 23.2 Å². The minimum absolute atomic E-state index is 1.25. The molecule has 0 aliphatic heterocycles. The molecule has 0 aliphatic rings. The summed E-state index contributed by atoms with van der Waals surface area (Å²) in [7, 11) is 0. The van der Waals surface area contributed by atoms with Gasteiger partial charge >= 0.3 is 0 Å². The summed E-state index contributed by atoms with van der Waals surface area (Å²) in [5.41, 5.74) is -1.80. The third-order valence-corrected chi connectivity index (χ3v) is 1.93. The van der Waals surface area contributed by atoms with E-state index in [1.807, 2.05) is 0 Å². The molecule has 0 nitrogen and oxygen atoms in total. The van der Waals surface area contributed by atoms with Crippen LogP contribution in [0.4, 0.5) is 26.3 Å². The fraction of sp³-hybridized carbons (Fsp3) is 0. The van der Waals surface area contributed by atoms with Crippen molar-refractivity contribution in [3.05, 3.63) is 39.1 Å². The summed E-state index contributed by atoms with van der Waals surface area (Å²) < 4.78 is 75.2. The zero-order chi connectivity index (χ0) is 12.6. The van der Waals surface area contributed by atoms with E-state index in [1.54, 1.807) is 0 Å². The van der Waals surface area contributed by atoms with Crippen molar-refractivity contribution in [2.75, 3.05) is 0 Å². The van der Waals surface area contributed by atoms with Crippen LogP contribution in [0.3, 0.4) is 0 Å². The lowest BCUT2D eigenvalue weighted by Crippen LogP contribution is -2.05. The molecular formula is C8Cl2F6. The van der Waals surface area contributed by atoms with Crippen LogP contribution in [-0.2, 0) is 0 Å². The van der Waals surface area contributed by atoms with Crippen LogP contribution < -0.4 is 0 Å². The second kappa shape index (κ2) is 4.55. The molecule has 1 aromatic rings. The Labute approximate surface area is 95.1 Å². The van der Waals surface area contributed by atoms with Gasteiger partial charge in [-0.25, -0.2) is 26.3 Å². The molecule has 0 heterocycles. The van der Waals surface area contributed by atoms with E-state index in [9.17, 15) is 26.3 Å². The third-order valence-electron chi connectivity index (χ3n) is 1.60. The van der Waals surface area contributed by atoms with Gasteiger partial charge in [0.25, 0.3) is 0 Å². The van der Waals surface area contributed by atoms with Crippen LogP contribution in [0.5, 0.6) is 0 Å². The van der Waals surface area contributed by atoms with E-state index in [-0.39, 0.29) is 0 Å². The Morgan fingerprint density at radius 3 is 1.31 bits per heavy atom. The molecule has 1 aromatic carbocycles. The fourth-order valence-corrected chi connectivity index (χ4v) is 1.08. The Morgan fingerprint density at radius 2 is 1.00 bits per heavy atom. The molecule has 8 heteroatoms. The number of rotatable bonds is 1. The second-order valence-corrected chi connectivity index (χ2v) is 3.47. The molecule has 88 valence electrons. The highest BCUT2D eigenvalue weighted by Crippen LogP contribution is 2.33. The maximum atomic E-state index is 13.0. The molecule has 16 heavy (non-hydrogen) atoms. The van der Waals surface area contributed by atoms with Gasteiger partial charge in [-0.15, -0.1) is 0 Å². The molecule has 0 radical (unpaired) electrons. The Kier molecular flexibility index (Phi) is 3.75. The summed E-state index contributed by atoms with van der Waals surface area (Å²) in [5.74, 6) is -13.6. The van der Waals surface area contributed by atoms with Crippen LogP contribution in [0, 0.1) is 29.1 Å². The van der Waals surface area contributed by atoms with Gasteiger partial charge in [0, 0.05) is 0 Å². The standard InChI is InChI=1S/C8Cl2F6/c9-8(10)4(13)1-2(11)5(14)7(16)6(15)3(1)12.